The third kappa shape index (κ3) is 5.77. The fraction of sp³-hybridized carbons (Fsp3) is 0.545. The van der Waals surface area contributed by atoms with Crippen LogP contribution in [-0.4, -0.2) is 35.3 Å². The molecule has 0 fully saturated rings. The van der Waals surface area contributed by atoms with Gasteiger partial charge < -0.3 is 15.0 Å². The highest BCUT2D eigenvalue weighted by Gasteiger charge is 2.28. The zero-order valence-electron chi connectivity index (χ0n) is 17.7. The minimum atomic E-state index is -0.613. The number of hydrogen-bond acceptors (Lipinski definition) is 4. The van der Waals surface area contributed by atoms with Crippen molar-refractivity contribution in [3.8, 4) is 0 Å². The largest absolute Gasteiger partial charge is 0.467 e. The summed E-state index contributed by atoms with van der Waals surface area (Å²) in [6.07, 6.45) is 3.25. The molecular formula is C22H32N2O3S. The van der Waals surface area contributed by atoms with Crippen molar-refractivity contribution >= 4 is 34.5 Å². The predicted octanol–water partition coefficient (Wildman–Crippen LogP) is 4.69. The molecule has 0 spiro atoms. The topological polar surface area (TPSA) is 71.2 Å². The lowest BCUT2D eigenvalue weighted by molar-refractivity contribution is -0.145. The van der Waals surface area contributed by atoms with Gasteiger partial charge in [0, 0.05) is 22.0 Å². The van der Waals surface area contributed by atoms with Crippen LogP contribution in [0.25, 0.3) is 10.9 Å². The molecule has 1 aromatic heterocycles. The number of aryl methyl sites for hydroxylation is 1. The van der Waals surface area contributed by atoms with Crippen LogP contribution in [0.15, 0.2) is 29.3 Å². The molecule has 2 atom stereocenters. The number of nitrogens with one attached hydrogen (secondary N) is 2. The minimum absolute atomic E-state index is 0.113. The second-order valence-corrected chi connectivity index (χ2v) is 9.34. The molecule has 0 bridgehead atoms. The highest BCUT2D eigenvalue weighted by molar-refractivity contribution is 8.00. The first kappa shape index (κ1) is 22.3. The van der Waals surface area contributed by atoms with Crippen molar-refractivity contribution in [1.82, 2.24) is 10.3 Å². The van der Waals surface area contributed by atoms with Gasteiger partial charge in [-0.1, -0.05) is 39.8 Å². The lowest BCUT2D eigenvalue weighted by atomic mass is 10.0. The van der Waals surface area contributed by atoms with Crippen LogP contribution < -0.4 is 5.32 Å². The van der Waals surface area contributed by atoms with E-state index in [-0.39, 0.29) is 17.1 Å². The molecule has 0 saturated heterocycles. The maximum Gasteiger partial charge on any atom is 0.328 e. The molecule has 5 nitrogen and oxygen atoms in total. The maximum absolute atomic E-state index is 13.1. The fourth-order valence-electron chi connectivity index (χ4n) is 3.31. The van der Waals surface area contributed by atoms with Gasteiger partial charge in [0.05, 0.1) is 12.4 Å². The molecule has 1 heterocycles. The molecule has 0 aliphatic carbocycles. The van der Waals surface area contributed by atoms with Crippen LogP contribution in [0.3, 0.4) is 0 Å². The van der Waals surface area contributed by atoms with Gasteiger partial charge in [0.2, 0.25) is 5.91 Å². The number of rotatable bonds is 9. The number of esters is 1. The molecule has 2 N–H and O–H groups in total. The molecule has 0 unspecified atom stereocenters. The molecule has 0 aliphatic rings. The molecule has 0 saturated carbocycles. The number of carbonyl (C=O) groups excluding carboxylic acids is 2. The minimum Gasteiger partial charge on any atom is -0.467 e. The number of carbonyl (C=O) groups is 2. The Balaban J connectivity index is 2.24. The highest BCUT2D eigenvalue weighted by atomic mass is 32.2. The van der Waals surface area contributed by atoms with Crippen molar-refractivity contribution in [3.63, 3.8) is 0 Å². The van der Waals surface area contributed by atoms with E-state index in [0.717, 1.165) is 22.2 Å². The van der Waals surface area contributed by atoms with Gasteiger partial charge in [-0.3, -0.25) is 4.79 Å². The summed E-state index contributed by atoms with van der Waals surface area (Å²) in [7, 11) is 1.36. The Labute approximate surface area is 172 Å². The normalized spacial score (nSPS) is 13.7. The quantitative estimate of drug-likeness (QED) is 0.470. The van der Waals surface area contributed by atoms with Crippen LogP contribution in [-0.2, 0) is 14.3 Å². The number of aromatic amines is 1. The summed E-state index contributed by atoms with van der Waals surface area (Å²) in [5.41, 5.74) is 2.25. The average Bonchev–Trinajstić information content (AvgIpc) is 3.03. The van der Waals surface area contributed by atoms with E-state index in [0.29, 0.717) is 12.3 Å². The number of ether oxygens (including phenoxy) is 1. The number of aromatic nitrogens is 1. The van der Waals surface area contributed by atoms with Gasteiger partial charge in [-0.05, 0) is 43.2 Å². The van der Waals surface area contributed by atoms with Gasteiger partial charge in [-0.25, -0.2) is 4.79 Å². The van der Waals surface area contributed by atoms with Gasteiger partial charge in [0.1, 0.15) is 6.04 Å². The first-order valence-electron chi connectivity index (χ1n) is 9.84. The number of amides is 1. The summed E-state index contributed by atoms with van der Waals surface area (Å²) in [6, 6.07) is 5.53. The molecule has 1 aromatic carbocycles. The van der Waals surface area contributed by atoms with Gasteiger partial charge in [0.25, 0.3) is 0 Å². The van der Waals surface area contributed by atoms with Gasteiger partial charge in [-0.15, -0.1) is 11.8 Å². The Morgan fingerprint density at radius 2 is 1.82 bits per heavy atom. The first-order chi connectivity index (χ1) is 13.2. The van der Waals surface area contributed by atoms with Crippen molar-refractivity contribution < 1.29 is 14.3 Å². The van der Waals surface area contributed by atoms with Crippen molar-refractivity contribution in [1.29, 1.82) is 0 Å². The van der Waals surface area contributed by atoms with Crippen LogP contribution in [0, 0.1) is 18.8 Å². The average molecular weight is 405 g/mol. The van der Waals surface area contributed by atoms with Crippen LogP contribution in [0.5, 0.6) is 0 Å². The Morgan fingerprint density at radius 1 is 1.14 bits per heavy atom. The molecule has 6 heteroatoms. The molecule has 2 rings (SSSR count). The molecule has 0 radical (unpaired) electrons. The summed E-state index contributed by atoms with van der Waals surface area (Å²) in [5, 5.41) is 3.81. The second-order valence-electron chi connectivity index (χ2n) is 8.10. The molecular weight excluding hydrogens is 372 g/mol. The third-order valence-corrected chi connectivity index (χ3v) is 5.90. The lowest BCUT2D eigenvalue weighted by Gasteiger charge is -2.23. The SMILES string of the molecule is COC(=O)[C@H](CC(C)C)NC(=O)[C@@H](CC(C)C)Sc1c[nH]c2cccc(C)c12. The van der Waals surface area contributed by atoms with E-state index in [9.17, 15) is 9.59 Å². The van der Waals surface area contributed by atoms with E-state index in [1.807, 2.05) is 32.2 Å². The lowest BCUT2D eigenvalue weighted by Crippen LogP contribution is -2.46. The third-order valence-electron chi connectivity index (χ3n) is 4.63. The number of methoxy groups -OCH3 is 1. The monoisotopic (exact) mass is 404 g/mol. The summed E-state index contributed by atoms with van der Waals surface area (Å²) < 4.78 is 4.89. The Hall–Kier alpha value is -1.95. The van der Waals surface area contributed by atoms with E-state index in [1.54, 1.807) is 11.8 Å². The molecule has 1 amide bonds. The van der Waals surface area contributed by atoms with E-state index in [2.05, 4.69) is 37.1 Å². The van der Waals surface area contributed by atoms with Crippen molar-refractivity contribution in [2.24, 2.45) is 11.8 Å². The van der Waals surface area contributed by atoms with Crippen molar-refractivity contribution in [3.05, 3.63) is 30.0 Å². The molecule has 2 aromatic rings. The maximum atomic E-state index is 13.1. The summed E-state index contributed by atoms with van der Waals surface area (Å²) in [6.45, 7) is 10.3. The van der Waals surface area contributed by atoms with Crippen LogP contribution in [0.1, 0.15) is 46.1 Å². The van der Waals surface area contributed by atoms with Crippen LogP contribution in [0.2, 0.25) is 0 Å². The fourth-order valence-corrected chi connectivity index (χ4v) is 4.78. The van der Waals surface area contributed by atoms with Crippen molar-refractivity contribution in [2.75, 3.05) is 7.11 Å². The highest BCUT2D eigenvalue weighted by Crippen LogP contribution is 2.35. The Morgan fingerprint density at radius 3 is 2.43 bits per heavy atom. The van der Waals surface area contributed by atoms with Gasteiger partial charge in [0.15, 0.2) is 0 Å². The number of hydrogen-bond donors (Lipinski definition) is 2. The van der Waals surface area contributed by atoms with E-state index < -0.39 is 12.0 Å². The van der Waals surface area contributed by atoms with E-state index in [1.165, 1.54) is 12.7 Å². The molecule has 28 heavy (non-hydrogen) atoms. The smallest absolute Gasteiger partial charge is 0.328 e. The van der Waals surface area contributed by atoms with Crippen molar-refractivity contribution in [2.45, 2.75) is 63.6 Å². The number of thioether (sulfide) groups is 1. The zero-order valence-corrected chi connectivity index (χ0v) is 18.5. The number of benzene rings is 1. The van der Waals surface area contributed by atoms with E-state index in [4.69, 9.17) is 4.74 Å². The summed E-state index contributed by atoms with van der Waals surface area (Å²) in [5.74, 6) is 0.129. The molecule has 0 aliphatic heterocycles. The van der Waals surface area contributed by atoms with Crippen LogP contribution >= 0.6 is 11.8 Å². The Bertz CT molecular complexity index is 813. The predicted molar refractivity (Wildman–Crippen MR) is 116 cm³/mol. The van der Waals surface area contributed by atoms with Gasteiger partial charge >= 0.3 is 5.97 Å². The van der Waals surface area contributed by atoms with Crippen LogP contribution in [0.4, 0.5) is 0 Å². The number of H-pyrrole nitrogens is 1. The standard InChI is InChI=1S/C22H32N2O3S/c1-13(2)10-17(22(26)27-6)24-21(25)18(11-14(3)4)28-19-12-23-16-9-7-8-15(5)20(16)19/h7-9,12-14,17-18,23H,10-11H2,1-6H3,(H,24,25)/t17-,18+/m0/s1. The second kappa shape index (κ2) is 10.0. The zero-order chi connectivity index (χ0) is 20.8. The molecule has 154 valence electrons. The summed E-state index contributed by atoms with van der Waals surface area (Å²) >= 11 is 1.56. The Kier molecular flexibility index (Phi) is 7.98. The van der Waals surface area contributed by atoms with Gasteiger partial charge in [-0.2, -0.15) is 0 Å². The summed E-state index contributed by atoms with van der Waals surface area (Å²) in [4.78, 5) is 29.6. The first-order valence-corrected chi connectivity index (χ1v) is 10.7. The number of fused-ring (bicyclic) bond motifs is 1. The van der Waals surface area contributed by atoms with E-state index >= 15 is 0 Å².